The van der Waals surface area contributed by atoms with Crippen molar-refractivity contribution in [2.45, 2.75) is 25.9 Å². The van der Waals surface area contributed by atoms with E-state index in [9.17, 15) is 0 Å². The summed E-state index contributed by atoms with van der Waals surface area (Å²) in [4.78, 5) is 8.09. The molecule has 0 fully saturated rings. The van der Waals surface area contributed by atoms with E-state index in [1.807, 2.05) is 31.2 Å². The minimum atomic E-state index is 0.465. The third-order valence-electron chi connectivity index (χ3n) is 2.40. The molecule has 0 N–H and O–H groups in total. The third kappa shape index (κ3) is 5.36. The van der Waals surface area contributed by atoms with Crippen LogP contribution in [0.3, 0.4) is 0 Å². The first-order valence-electron chi connectivity index (χ1n) is 5.07. The van der Waals surface area contributed by atoms with Crippen LogP contribution in [0.1, 0.15) is 19.4 Å². The Hall–Kier alpha value is -0.126. The predicted molar refractivity (Wildman–Crippen MR) is 71.6 cm³/mol. The Morgan fingerprint density at radius 1 is 1.18 bits per heavy atom. The van der Waals surface area contributed by atoms with Crippen molar-refractivity contribution in [3.05, 3.63) is 37.4 Å². The molecule has 17 heavy (non-hydrogen) atoms. The molecule has 2 aromatic heterocycles. The maximum atomic E-state index is 4.06. The van der Waals surface area contributed by atoms with Gasteiger partial charge in [-0.15, -0.1) is 0 Å². The minimum absolute atomic E-state index is 0.465. The van der Waals surface area contributed by atoms with Gasteiger partial charge in [-0.2, -0.15) is 0 Å². The van der Waals surface area contributed by atoms with Crippen LogP contribution >= 0.6 is 28.5 Å². The van der Waals surface area contributed by atoms with Crippen molar-refractivity contribution < 1.29 is 10.9 Å². The van der Waals surface area contributed by atoms with Crippen molar-refractivity contribution in [2.75, 3.05) is 0 Å². The molecule has 4 nitrogen and oxygen atoms in total. The van der Waals surface area contributed by atoms with Crippen LogP contribution in [0.2, 0.25) is 0 Å². The summed E-state index contributed by atoms with van der Waals surface area (Å²) in [6.07, 6.45) is 12.4. The zero-order valence-electron chi connectivity index (χ0n) is 9.32. The van der Waals surface area contributed by atoms with E-state index in [1.54, 1.807) is 6.20 Å². The van der Waals surface area contributed by atoms with E-state index in [4.69, 9.17) is 0 Å². The van der Waals surface area contributed by atoms with Crippen molar-refractivity contribution in [1.29, 1.82) is 0 Å². The first-order valence-corrected chi connectivity index (χ1v) is 9.95. The molecule has 1 atom stereocenters. The van der Waals surface area contributed by atoms with Crippen molar-refractivity contribution in [3.8, 4) is 0 Å². The van der Waals surface area contributed by atoms with E-state index in [2.05, 4.69) is 54.5 Å². The second-order valence-corrected chi connectivity index (χ2v) is 8.36. The number of halogens is 2. The first kappa shape index (κ1) is 14.9. The fourth-order valence-corrected chi connectivity index (χ4v) is 1.56. The molecule has 0 bridgehead atoms. The summed E-state index contributed by atoms with van der Waals surface area (Å²) in [7, 11) is 1.25. The quantitative estimate of drug-likeness (QED) is 0.727. The van der Waals surface area contributed by atoms with Gasteiger partial charge in [0.25, 0.3) is 0 Å². The molecule has 7 heteroatoms. The molecular formula is C10H14Br2N4Ni. The average Bonchev–Trinajstić information content (AvgIpc) is 3.00. The van der Waals surface area contributed by atoms with Gasteiger partial charge in [-0.3, -0.25) is 0 Å². The Morgan fingerprint density at radius 3 is 2.29 bits per heavy atom. The van der Waals surface area contributed by atoms with Gasteiger partial charge in [0.05, 0.1) is 18.7 Å². The van der Waals surface area contributed by atoms with Gasteiger partial charge in [-0.25, -0.2) is 9.97 Å². The molecular weight excluding hydrogens is 395 g/mol. The number of hydrogen-bond donors (Lipinski definition) is 0. The van der Waals surface area contributed by atoms with Crippen LogP contribution in [0.15, 0.2) is 37.4 Å². The van der Waals surface area contributed by atoms with Gasteiger partial charge in [0, 0.05) is 31.3 Å². The van der Waals surface area contributed by atoms with Crippen LogP contribution in [0, 0.1) is 0 Å². The monoisotopic (exact) mass is 406 g/mol. The van der Waals surface area contributed by atoms with Crippen molar-refractivity contribution in [2.24, 2.45) is 0 Å². The van der Waals surface area contributed by atoms with E-state index in [1.165, 1.54) is 10.9 Å². The Labute approximate surface area is 121 Å². The van der Waals surface area contributed by atoms with Crippen molar-refractivity contribution >= 4 is 28.5 Å². The summed E-state index contributed by atoms with van der Waals surface area (Å²) in [5, 5.41) is 0. The molecule has 0 amide bonds. The molecule has 0 aliphatic carbocycles. The van der Waals surface area contributed by atoms with Gasteiger partial charge in [0.1, 0.15) is 0 Å². The van der Waals surface area contributed by atoms with Crippen LogP contribution in [0.25, 0.3) is 0 Å². The van der Waals surface area contributed by atoms with E-state index in [0.717, 1.165) is 13.0 Å². The second kappa shape index (κ2) is 8.89. The molecule has 2 aromatic rings. The number of hydrogen-bond acceptors (Lipinski definition) is 2. The van der Waals surface area contributed by atoms with Gasteiger partial charge < -0.3 is 9.13 Å². The molecule has 2 rings (SSSR count). The van der Waals surface area contributed by atoms with Crippen LogP contribution in [-0.4, -0.2) is 19.1 Å². The molecule has 0 aliphatic rings. The second-order valence-electron chi connectivity index (χ2n) is 3.38. The molecule has 98 valence electrons. The Balaban J connectivity index is 0.000000437. The summed E-state index contributed by atoms with van der Waals surface area (Å²) in [6.45, 7) is 3.13. The molecule has 0 aliphatic heterocycles. The molecule has 0 radical (unpaired) electrons. The normalized spacial score (nSPS) is 11.9. The molecule has 0 spiro atoms. The summed E-state index contributed by atoms with van der Waals surface area (Å²) in [6, 6.07) is 0.465. The summed E-state index contributed by atoms with van der Waals surface area (Å²) < 4.78 is 4.23. The van der Waals surface area contributed by atoms with Gasteiger partial charge >= 0.3 is 39.3 Å². The SMILES string of the molecule is CCC(Cn1ccnc1)n1ccnc1.[Br][Ni][Br]. The fourth-order valence-electron chi connectivity index (χ4n) is 1.56. The topological polar surface area (TPSA) is 35.6 Å². The van der Waals surface area contributed by atoms with E-state index in [0.29, 0.717) is 6.04 Å². The van der Waals surface area contributed by atoms with Crippen molar-refractivity contribution in [3.63, 3.8) is 0 Å². The van der Waals surface area contributed by atoms with E-state index >= 15 is 0 Å². The van der Waals surface area contributed by atoms with Gasteiger partial charge in [0.15, 0.2) is 0 Å². The van der Waals surface area contributed by atoms with Gasteiger partial charge in [-0.05, 0) is 6.42 Å². The zero-order valence-corrected chi connectivity index (χ0v) is 13.5. The van der Waals surface area contributed by atoms with Gasteiger partial charge in [-0.1, -0.05) is 6.92 Å². The van der Waals surface area contributed by atoms with Gasteiger partial charge in [0.2, 0.25) is 0 Å². The predicted octanol–water partition coefficient (Wildman–Crippen LogP) is 3.42. The fraction of sp³-hybridized carbons (Fsp3) is 0.400. The zero-order chi connectivity index (χ0) is 12.5. The number of imidazole rings is 2. The molecule has 0 saturated heterocycles. The summed E-state index contributed by atoms with van der Waals surface area (Å²) in [5.74, 6) is 0. The third-order valence-corrected chi connectivity index (χ3v) is 2.40. The molecule has 2 heterocycles. The Bertz CT molecular complexity index is 377. The van der Waals surface area contributed by atoms with E-state index in [-0.39, 0.29) is 0 Å². The first-order chi connectivity index (χ1) is 8.31. The standard InChI is InChI=1S/C10H14N4.2BrH.Ni/c1-2-10(14-6-4-12-9-14)7-13-5-3-11-8-13;;;/h3-6,8-10H,2,7H2,1H3;2*1H;/q;;;+2/p-2. The number of nitrogens with zero attached hydrogens (tertiary/aromatic N) is 4. The van der Waals surface area contributed by atoms with Crippen molar-refractivity contribution in [1.82, 2.24) is 19.1 Å². The molecule has 0 aromatic carbocycles. The van der Waals surface area contributed by atoms with Crippen LogP contribution in [0.5, 0.6) is 0 Å². The summed E-state index contributed by atoms with van der Waals surface area (Å²) in [5.41, 5.74) is 0. The maximum absolute atomic E-state index is 4.06. The summed E-state index contributed by atoms with van der Waals surface area (Å²) >= 11 is 6.00. The number of rotatable bonds is 4. The Kier molecular flexibility index (Phi) is 7.81. The van der Waals surface area contributed by atoms with Crippen LogP contribution in [-0.2, 0) is 17.4 Å². The molecule has 0 saturated carbocycles. The van der Waals surface area contributed by atoms with Crippen LogP contribution < -0.4 is 0 Å². The number of aromatic nitrogens is 4. The molecule has 1 unspecified atom stereocenters. The van der Waals surface area contributed by atoms with E-state index < -0.39 is 0 Å². The average molecular weight is 409 g/mol. The Morgan fingerprint density at radius 2 is 1.82 bits per heavy atom. The van der Waals surface area contributed by atoms with Crippen LogP contribution in [0.4, 0.5) is 0 Å².